The Morgan fingerprint density at radius 3 is 2.82 bits per heavy atom. The number of anilines is 1. The number of nitriles is 1. The third kappa shape index (κ3) is 2.45. The van der Waals surface area contributed by atoms with Crippen molar-refractivity contribution >= 4 is 5.69 Å². The van der Waals surface area contributed by atoms with Crippen molar-refractivity contribution in [3.8, 4) is 6.07 Å². The molecule has 0 spiro atoms. The number of furan rings is 1. The van der Waals surface area contributed by atoms with E-state index in [0.717, 1.165) is 5.56 Å². The summed E-state index contributed by atoms with van der Waals surface area (Å²) in [5, 5.41) is 8.66. The predicted octanol–water partition coefficient (Wildman–Crippen LogP) is 2.93. The van der Waals surface area contributed by atoms with Gasteiger partial charge >= 0.3 is 0 Å². The number of rotatable bonds is 3. The van der Waals surface area contributed by atoms with Crippen LogP contribution in [0.15, 0.2) is 41.2 Å². The molecule has 0 fully saturated rings. The Morgan fingerprint density at radius 2 is 2.24 bits per heavy atom. The standard InChI is InChI=1S/C13H11FN2O/c1-16(8-11-4-5-17-9-11)13-3-2-10(7-15)6-12(13)14/h2-6,9H,8H2,1H3. The number of hydrogen-bond acceptors (Lipinski definition) is 3. The van der Waals surface area contributed by atoms with Crippen LogP contribution in [-0.2, 0) is 6.54 Å². The maximum atomic E-state index is 13.7. The molecule has 0 aliphatic carbocycles. The van der Waals surface area contributed by atoms with Gasteiger partial charge in [0.05, 0.1) is 29.8 Å². The number of benzene rings is 1. The number of nitrogens with zero attached hydrogens (tertiary/aromatic N) is 2. The van der Waals surface area contributed by atoms with Gasteiger partial charge in [0.1, 0.15) is 5.82 Å². The summed E-state index contributed by atoms with van der Waals surface area (Å²) in [6.07, 6.45) is 3.20. The van der Waals surface area contributed by atoms with Crippen molar-refractivity contribution in [1.82, 2.24) is 0 Å². The summed E-state index contributed by atoms with van der Waals surface area (Å²) < 4.78 is 18.7. The molecule has 1 heterocycles. The van der Waals surface area contributed by atoms with E-state index >= 15 is 0 Å². The topological polar surface area (TPSA) is 40.2 Å². The van der Waals surface area contributed by atoms with Gasteiger partial charge in [0.2, 0.25) is 0 Å². The maximum absolute atomic E-state index is 13.7. The second-order valence-corrected chi connectivity index (χ2v) is 3.77. The van der Waals surface area contributed by atoms with Crippen LogP contribution in [0, 0.1) is 17.1 Å². The molecule has 4 heteroatoms. The van der Waals surface area contributed by atoms with E-state index in [1.807, 2.05) is 12.1 Å². The molecular weight excluding hydrogens is 219 g/mol. The van der Waals surface area contributed by atoms with E-state index in [4.69, 9.17) is 9.68 Å². The first-order chi connectivity index (χ1) is 8.20. The summed E-state index contributed by atoms with van der Waals surface area (Å²) in [5.41, 5.74) is 1.75. The van der Waals surface area contributed by atoms with Crippen LogP contribution < -0.4 is 4.90 Å². The van der Waals surface area contributed by atoms with Crippen molar-refractivity contribution in [3.05, 3.63) is 53.7 Å². The molecule has 0 N–H and O–H groups in total. The Labute approximate surface area is 98.7 Å². The fraction of sp³-hybridized carbons (Fsp3) is 0.154. The number of halogens is 1. The van der Waals surface area contributed by atoms with Gasteiger partial charge in [-0.15, -0.1) is 0 Å². The van der Waals surface area contributed by atoms with Crippen molar-refractivity contribution in [2.24, 2.45) is 0 Å². The Balaban J connectivity index is 2.20. The van der Waals surface area contributed by atoms with E-state index in [0.29, 0.717) is 17.8 Å². The van der Waals surface area contributed by atoms with Gasteiger partial charge in [-0.05, 0) is 24.3 Å². The molecular formula is C13H11FN2O. The fourth-order valence-corrected chi connectivity index (χ4v) is 1.63. The summed E-state index contributed by atoms with van der Waals surface area (Å²) in [6.45, 7) is 0.555. The molecule has 0 atom stereocenters. The molecule has 0 aliphatic heterocycles. The third-order valence-electron chi connectivity index (χ3n) is 2.49. The lowest BCUT2D eigenvalue weighted by Crippen LogP contribution is -2.17. The molecule has 2 aromatic rings. The molecule has 1 aromatic carbocycles. The van der Waals surface area contributed by atoms with Crippen LogP contribution in [0.5, 0.6) is 0 Å². The first-order valence-corrected chi connectivity index (χ1v) is 5.12. The molecule has 1 aromatic heterocycles. The van der Waals surface area contributed by atoms with Crippen LogP contribution in [0.4, 0.5) is 10.1 Å². The molecule has 0 saturated carbocycles. The Hall–Kier alpha value is -2.28. The summed E-state index contributed by atoms with van der Waals surface area (Å²) in [7, 11) is 1.79. The van der Waals surface area contributed by atoms with Gasteiger partial charge in [-0.1, -0.05) is 0 Å². The number of hydrogen-bond donors (Lipinski definition) is 0. The maximum Gasteiger partial charge on any atom is 0.147 e. The summed E-state index contributed by atoms with van der Waals surface area (Å²) in [5.74, 6) is -0.393. The summed E-state index contributed by atoms with van der Waals surface area (Å²) in [6, 6.07) is 8.18. The van der Waals surface area contributed by atoms with E-state index in [-0.39, 0.29) is 0 Å². The highest BCUT2D eigenvalue weighted by molar-refractivity contribution is 5.50. The highest BCUT2D eigenvalue weighted by atomic mass is 19.1. The van der Waals surface area contributed by atoms with Gasteiger partial charge in [-0.2, -0.15) is 5.26 Å². The zero-order valence-electron chi connectivity index (χ0n) is 9.35. The fourth-order valence-electron chi connectivity index (χ4n) is 1.63. The highest BCUT2D eigenvalue weighted by Gasteiger charge is 2.09. The van der Waals surface area contributed by atoms with E-state index in [9.17, 15) is 4.39 Å². The monoisotopic (exact) mass is 230 g/mol. The van der Waals surface area contributed by atoms with Gasteiger partial charge in [0.25, 0.3) is 0 Å². The van der Waals surface area contributed by atoms with Crippen molar-refractivity contribution in [1.29, 1.82) is 5.26 Å². The van der Waals surface area contributed by atoms with Crippen LogP contribution in [0.1, 0.15) is 11.1 Å². The van der Waals surface area contributed by atoms with Gasteiger partial charge in [0.15, 0.2) is 0 Å². The zero-order valence-corrected chi connectivity index (χ0v) is 9.35. The van der Waals surface area contributed by atoms with Gasteiger partial charge in [-0.3, -0.25) is 0 Å². The van der Waals surface area contributed by atoms with E-state index < -0.39 is 5.82 Å². The summed E-state index contributed by atoms with van der Waals surface area (Å²) >= 11 is 0. The minimum Gasteiger partial charge on any atom is -0.472 e. The highest BCUT2D eigenvalue weighted by Crippen LogP contribution is 2.21. The lowest BCUT2D eigenvalue weighted by molar-refractivity contribution is 0.563. The minimum atomic E-state index is -0.393. The Kier molecular flexibility index (Phi) is 3.10. The smallest absolute Gasteiger partial charge is 0.147 e. The quantitative estimate of drug-likeness (QED) is 0.813. The van der Waals surface area contributed by atoms with Crippen LogP contribution >= 0.6 is 0 Å². The molecule has 17 heavy (non-hydrogen) atoms. The molecule has 0 radical (unpaired) electrons. The molecule has 0 amide bonds. The lowest BCUT2D eigenvalue weighted by atomic mass is 10.2. The van der Waals surface area contributed by atoms with Crippen molar-refractivity contribution in [3.63, 3.8) is 0 Å². The van der Waals surface area contributed by atoms with Crippen molar-refractivity contribution in [2.75, 3.05) is 11.9 Å². The average Bonchev–Trinajstić information content (AvgIpc) is 2.81. The predicted molar refractivity (Wildman–Crippen MR) is 61.9 cm³/mol. The second kappa shape index (κ2) is 4.71. The molecule has 0 bridgehead atoms. The van der Waals surface area contributed by atoms with E-state index in [1.54, 1.807) is 36.6 Å². The first-order valence-electron chi connectivity index (χ1n) is 5.12. The van der Waals surface area contributed by atoms with E-state index in [2.05, 4.69) is 0 Å². The van der Waals surface area contributed by atoms with Gasteiger partial charge in [0, 0.05) is 19.2 Å². The normalized spacial score (nSPS) is 9.94. The molecule has 86 valence electrons. The zero-order chi connectivity index (χ0) is 12.3. The molecule has 0 saturated heterocycles. The van der Waals surface area contributed by atoms with Crippen LogP contribution in [0.2, 0.25) is 0 Å². The van der Waals surface area contributed by atoms with Crippen LogP contribution in [-0.4, -0.2) is 7.05 Å². The van der Waals surface area contributed by atoms with Crippen molar-refractivity contribution < 1.29 is 8.81 Å². The lowest BCUT2D eigenvalue weighted by Gasteiger charge is -2.19. The largest absolute Gasteiger partial charge is 0.472 e. The third-order valence-corrected chi connectivity index (χ3v) is 2.49. The van der Waals surface area contributed by atoms with E-state index in [1.165, 1.54) is 6.07 Å². The molecule has 0 aliphatic rings. The molecule has 0 unspecified atom stereocenters. The van der Waals surface area contributed by atoms with Gasteiger partial charge in [-0.25, -0.2) is 4.39 Å². The van der Waals surface area contributed by atoms with Crippen LogP contribution in [0.3, 0.4) is 0 Å². The van der Waals surface area contributed by atoms with Gasteiger partial charge < -0.3 is 9.32 Å². The SMILES string of the molecule is CN(Cc1ccoc1)c1ccc(C#N)cc1F. The average molecular weight is 230 g/mol. The molecule has 2 rings (SSSR count). The van der Waals surface area contributed by atoms with Crippen molar-refractivity contribution in [2.45, 2.75) is 6.54 Å². The van der Waals surface area contributed by atoms with Crippen LogP contribution in [0.25, 0.3) is 0 Å². The second-order valence-electron chi connectivity index (χ2n) is 3.77. The first kappa shape index (κ1) is 11.2. The Bertz CT molecular complexity index is 543. The minimum absolute atomic E-state index is 0.322. The summed E-state index contributed by atoms with van der Waals surface area (Å²) in [4.78, 5) is 1.77. The molecule has 3 nitrogen and oxygen atoms in total. The Morgan fingerprint density at radius 1 is 1.41 bits per heavy atom.